The summed E-state index contributed by atoms with van der Waals surface area (Å²) < 4.78 is 5.75. The summed E-state index contributed by atoms with van der Waals surface area (Å²) in [6.45, 7) is 1.64. The maximum atomic E-state index is 5.93. The van der Waals surface area contributed by atoms with Crippen molar-refractivity contribution in [3.8, 4) is 0 Å². The van der Waals surface area contributed by atoms with Crippen LogP contribution in [-0.2, 0) is 4.74 Å². The van der Waals surface area contributed by atoms with Crippen LogP contribution in [0.15, 0.2) is 6.33 Å². The van der Waals surface area contributed by atoms with Crippen molar-refractivity contribution in [3.05, 3.63) is 11.6 Å². The number of fused-ring (bicyclic) bond motifs is 1. The van der Waals surface area contributed by atoms with Crippen molar-refractivity contribution < 1.29 is 4.74 Å². The fourth-order valence-electron chi connectivity index (χ4n) is 2.41. The van der Waals surface area contributed by atoms with Gasteiger partial charge < -0.3 is 14.6 Å². The Balaban J connectivity index is 1.83. The summed E-state index contributed by atoms with van der Waals surface area (Å²) >= 11 is 5.93. The van der Waals surface area contributed by atoms with E-state index in [0.717, 1.165) is 37.3 Å². The average Bonchev–Trinajstić information content (AvgIpc) is 2.86. The van der Waals surface area contributed by atoms with Gasteiger partial charge in [0.15, 0.2) is 11.5 Å². The molecule has 1 N–H and O–H groups in total. The molecule has 1 unspecified atom stereocenters. The van der Waals surface area contributed by atoms with Gasteiger partial charge in [0.1, 0.15) is 5.52 Å². The van der Waals surface area contributed by atoms with Crippen LogP contribution in [0.1, 0.15) is 19.3 Å². The molecule has 1 saturated heterocycles. The van der Waals surface area contributed by atoms with E-state index >= 15 is 0 Å². The minimum Gasteiger partial charge on any atom is -0.376 e. The predicted molar refractivity (Wildman–Crippen MR) is 73.6 cm³/mol. The SMILES string of the molecule is CN(CC1CCCCO1)c1nc(Cl)nc2nc[nH]c12. The number of hydrogen-bond acceptors (Lipinski definition) is 5. The summed E-state index contributed by atoms with van der Waals surface area (Å²) in [5.41, 5.74) is 1.40. The lowest BCUT2D eigenvalue weighted by molar-refractivity contribution is 0.0215. The molecule has 2 aromatic heterocycles. The second-order valence-electron chi connectivity index (χ2n) is 4.79. The van der Waals surface area contributed by atoms with Gasteiger partial charge in [-0.15, -0.1) is 0 Å². The van der Waals surface area contributed by atoms with Crippen LogP contribution >= 0.6 is 11.6 Å². The number of likely N-dealkylation sites (N-methyl/N-ethyl adjacent to an activating group) is 1. The van der Waals surface area contributed by atoms with Crippen molar-refractivity contribution in [2.24, 2.45) is 0 Å². The van der Waals surface area contributed by atoms with E-state index < -0.39 is 0 Å². The summed E-state index contributed by atoms with van der Waals surface area (Å²) in [5.74, 6) is 0.765. The van der Waals surface area contributed by atoms with E-state index in [4.69, 9.17) is 16.3 Å². The largest absolute Gasteiger partial charge is 0.376 e. The van der Waals surface area contributed by atoms with E-state index in [1.165, 1.54) is 6.42 Å². The number of anilines is 1. The molecule has 0 radical (unpaired) electrons. The first-order valence-electron chi connectivity index (χ1n) is 6.43. The van der Waals surface area contributed by atoms with Crippen LogP contribution in [-0.4, -0.2) is 46.2 Å². The van der Waals surface area contributed by atoms with E-state index in [2.05, 4.69) is 19.9 Å². The Morgan fingerprint density at radius 1 is 1.47 bits per heavy atom. The summed E-state index contributed by atoms with van der Waals surface area (Å²) in [5, 5.41) is 0.214. The third-order valence-corrected chi connectivity index (χ3v) is 3.52. The van der Waals surface area contributed by atoms with Crippen molar-refractivity contribution in [2.75, 3.05) is 25.1 Å². The molecule has 3 heterocycles. The Labute approximate surface area is 116 Å². The van der Waals surface area contributed by atoms with Crippen LogP contribution in [0.2, 0.25) is 5.28 Å². The van der Waals surface area contributed by atoms with Crippen molar-refractivity contribution >= 4 is 28.6 Å². The van der Waals surface area contributed by atoms with E-state index in [0.29, 0.717) is 5.65 Å². The van der Waals surface area contributed by atoms with Gasteiger partial charge in [0.2, 0.25) is 5.28 Å². The molecule has 7 heteroatoms. The van der Waals surface area contributed by atoms with Crippen LogP contribution in [0, 0.1) is 0 Å². The first-order valence-corrected chi connectivity index (χ1v) is 6.81. The topological polar surface area (TPSA) is 66.9 Å². The normalized spacial score (nSPS) is 19.8. The van der Waals surface area contributed by atoms with Crippen LogP contribution in [0.3, 0.4) is 0 Å². The molecule has 1 aliphatic rings. The van der Waals surface area contributed by atoms with Crippen LogP contribution in [0.5, 0.6) is 0 Å². The second kappa shape index (κ2) is 5.30. The number of nitrogens with zero attached hydrogens (tertiary/aromatic N) is 4. The van der Waals surface area contributed by atoms with E-state index in [-0.39, 0.29) is 11.4 Å². The summed E-state index contributed by atoms with van der Waals surface area (Å²) in [4.78, 5) is 17.6. The molecule has 6 nitrogen and oxygen atoms in total. The van der Waals surface area contributed by atoms with Gasteiger partial charge in [-0.05, 0) is 30.9 Å². The first kappa shape index (κ1) is 12.6. The molecule has 19 heavy (non-hydrogen) atoms. The molecule has 1 atom stereocenters. The van der Waals surface area contributed by atoms with Gasteiger partial charge in [-0.3, -0.25) is 0 Å². The van der Waals surface area contributed by atoms with Crippen LogP contribution < -0.4 is 4.90 Å². The summed E-state index contributed by atoms with van der Waals surface area (Å²) in [7, 11) is 1.98. The lowest BCUT2D eigenvalue weighted by Crippen LogP contribution is -2.34. The number of ether oxygens (including phenoxy) is 1. The maximum Gasteiger partial charge on any atom is 0.226 e. The highest BCUT2D eigenvalue weighted by Crippen LogP contribution is 2.23. The number of imidazole rings is 1. The molecule has 3 rings (SSSR count). The summed E-state index contributed by atoms with van der Waals surface area (Å²) in [6, 6.07) is 0. The Hall–Kier alpha value is -1.40. The van der Waals surface area contributed by atoms with Gasteiger partial charge in [-0.1, -0.05) is 0 Å². The maximum absolute atomic E-state index is 5.93. The molecule has 2 aromatic rings. The first-order chi connectivity index (χ1) is 9.24. The van der Waals surface area contributed by atoms with Gasteiger partial charge in [0, 0.05) is 20.2 Å². The highest BCUT2D eigenvalue weighted by atomic mass is 35.5. The van der Waals surface area contributed by atoms with Gasteiger partial charge in [0.25, 0.3) is 0 Å². The highest BCUT2D eigenvalue weighted by molar-refractivity contribution is 6.28. The molecule has 1 fully saturated rings. The number of aromatic amines is 1. The Bertz CT molecular complexity index is 566. The molecule has 0 spiro atoms. The Morgan fingerprint density at radius 2 is 2.37 bits per heavy atom. The van der Waals surface area contributed by atoms with Crippen molar-refractivity contribution in [1.29, 1.82) is 0 Å². The minimum absolute atomic E-state index is 0.214. The molecule has 0 amide bonds. The fourth-order valence-corrected chi connectivity index (χ4v) is 2.57. The molecular weight excluding hydrogens is 266 g/mol. The molecule has 0 aromatic carbocycles. The monoisotopic (exact) mass is 281 g/mol. The smallest absolute Gasteiger partial charge is 0.226 e. The number of aromatic nitrogens is 4. The number of halogens is 1. The van der Waals surface area contributed by atoms with E-state index in [9.17, 15) is 0 Å². The summed E-state index contributed by atoms with van der Waals surface area (Å²) in [6.07, 6.45) is 5.33. The molecule has 102 valence electrons. The van der Waals surface area contributed by atoms with Gasteiger partial charge >= 0.3 is 0 Å². The third-order valence-electron chi connectivity index (χ3n) is 3.35. The van der Waals surface area contributed by atoms with Crippen molar-refractivity contribution in [3.63, 3.8) is 0 Å². The average molecular weight is 282 g/mol. The zero-order valence-electron chi connectivity index (χ0n) is 10.8. The highest BCUT2D eigenvalue weighted by Gasteiger charge is 2.19. The van der Waals surface area contributed by atoms with E-state index in [1.807, 2.05) is 11.9 Å². The molecule has 0 bridgehead atoms. The van der Waals surface area contributed by atoms with Crippen molar-refractivity contribution in [1.82, 2.24) is 19.9 Å². The lowest BCUT2D eigenvalue weighted by atomic mass is 10.1. The van der Waals surface area contributed by atoms with Gasteiger partial charge in [-0.25, -0.2) is 4.98 Å². The zero-order valence-corrected chi connectivity index (χ0v) is 11.5. The minimum atomic E-state index is 0.214. The van der Waals surface area contributed by atoms with Crippen LogP contribution in [0.25, 0.3) is 11.2 Å². The number of hydrogen-bond donors (Lipinski definition) is 1. The second-order valence-corrected chi connectivity index (χ2v) is 5.12. The molecule has 0 saturated carbocycles. The fraction of sp³-hybridized carbons (Fsp3) is 0.583. The quantitative estimate of drug-likeness (QED) is 0.872. The Morgan fingerprint density at radius 3 is 3.16 bits per heavy atom. The van der Waals surface area contributed by atoms with Gasteiger partial charge in [-0.2, -0.15) is 9.97 Å². The van der Waals surface area contributed by atoms with Crippen LogP contribution in [0.4, 0.5) is 5.82 Å². The zero-order chi connectivity index (χ0) is 13.2. The van der Waals surface area contributed by atoms with Crippen molar-refractivity contribution in [2.45, 2.75) is 25.4 Å². The number of rotatable bonds is 3. The van der Waals surface area contributed by atoms with Gasteiger partial charge in [0.05, 0.1) is 12.4 Å². The lowest BCUT2D eigenvalue weighted by Gasteiger charge is -2.28. The molecule has 1 aliphatic heterocycles. The number of H-pyrrole nitrogens is 1. The standard InChI is InChI=1S/C12H16ClN5O/c1-18(6-8-4-2-3-5-19-8)11-9-10(15-7-14-9)16-12(13)17-11/h7-8H,2-6H2,1H3,(H,14,15,16,17). The number of nitrogens with one attached hydrogen (secondary N) is 1. The molecular formula is C12H16ClN5O. The predicted octanol–water partition coefficient (Wildman–Crippen LogP) is 2.01. The Kier molecular flexibility index (Phi) is 3.52. The van der Waals surface area contributed by atoms with E-state index in [1.54, 1.807) is 6.33 Å². The third kappa shape index (κ3) is 2.64. The molecule has 0 aliphatic carbocycles.